The van der Waals surface area contributed by atoms with Crippen molar-refractivity contribution in [2.24, 2.45) is 5.41 Å². The number of nitrogens with one attached hydrogen (secondary N) is 1. The summed E-state index contributed by atoms with van der Waals surface area (Å²) in [5.41, 5.74) is 2.69. The molecule has 0 unspecified atom stereocenters. The van der Waals surface area contributed by atoms with Crippen molar-refractivity contribution in [3.05, 3.63) is 66.0 Å². The molecule has 1 amide bonds. The molecule has 0 saturated heterocycles. The van der Waals surface area contributed by atoms with Gasteiger partial charge in [0.1, 0.15) is 12.4 Å². The van der Waals surface area contributed by atoms with Crippen LogP contribution in [-0.4, -0.2) is 25.5 Å². The lowest BCUT2D eigenvalue weighted by Crippen LogP contribution is -2.38. The van der Waals surface area contributed by atoms with Gasteiger partial charge in [-0.25, -0.2) is 9.07 Å². The van der Waals surface area contributed by atoms with Crippen LogP contribution in [0, 0.1) is 11.2 Å². The quantitative estimate of drug-likeness (QED) is 0.771. The molecule has 0 radical (unpaired) electrons. The van der Waals surface area contributed by atoms with Crippen LogP contribution in [0.15, 0.2) is 48.9 Å². The zero-order chi connectivity index (χ0) is 19.0. The van der Waals surface area contributed by atoms with E-state index in [0.717, 1.165) is 24.1 Å². The lowest BCUT2D eigenvalue weighted by atomic mass is 9.74. The number of nitrogens with zero attached hydrogens (tertiary/aromatic N) is 4. The van der Waals surface area contributed by atoms with E-state index >= 15 is 0 Å². The SMILES string of the molecule is CC1(C)Cc2c(cnn2-c2cccc(F)c2)[C@H](NC(=O)Cn2cccn2)C1. The Hall–Kier alpha value is -2.96. The number of fused-ring (bicyclic) bond motifs is 1. The van der Waals surface area contributed by atoms with Gasteiger partial charge in [0.15, 0.2) is 0 Å². The van der Waals surface area contributed by atoms with Gasteiger partial charge in [-0.3, -0.25) is 9.48 Å². The summed E-state index contributed by atoms with van der Waals surface area (Å²) >= 11 is 0. The van der Waals surface area contributed by atoms with Crippen LogP contribution in [0.2, 0.25) is 0 Å². The Morgan fingerprint density at radius 3 is 2.93 bits per heavy atom. The van der Waals surface area contributed by atoms with E-state index in [-0.39, 0.29) is 29.7 Å². The van der Waals surface area contributed by atoms with E-state index in [1.165, 1.54) is 12.1 Å². The molecule has 140 valence electrons. The van der Waals surface area contributed by atoms with Gasteiger partial charge in [0, 0.05) is 18.0 Å². The van der Waals surface area contributed by atoms with Gasteiger partial charge in [-0.15, -0.1) is 0 Å². The van der Waals surface area contributed by atoms with Gasteiger partial charge in [-0.2, -0.15) is 10.2 Å². The van der Waals surface area contributed by atoms with Crippen LogP contribution in [0.25, 0.3) is 5.69 Å². The van der Waals surface area contributed by atoms with Gasteiger partial charge in [0.05, 0.1) is 23.6 Å². The maximum absolute atomic E-state index is 13.7. The molecule has 1 aliphatic rings. The summed E-state index contributed by atoms with van der Waals surface area (Å²) in [5, 5.41) is 11.7. The highest BCUT2D eigenvalue weighted by molar-refractivity contribution is 5.76. The third-order valence-electron chi connectivity index (χ3n) is 4.93. The van der Waals surface area contributed by atoms with Crippen LogP contribution in [0.4, 0.5) is 4.39 Å². The van der Waals surface area contributed by atoms with Crippen LogP contribution in [-0.2, 0) is 17.8 Å². The van der Waals surface area contributed by atoms with E-state index in [1.54, 1.807) is 40.1 Å². The summed E-state index contributed by atoms with van der Waals surface area (Å²) in [6.45, 7) is 4.52. The first-order valence-corrected chi connectivity index (χ1v) is 9.01. The summed E-state index contributed by atoms with van der Waals surface area (Å²) < 4.78 is 17.0. The maximum atomic E-state index is 13.7. The van der Waals surface area contributed by atoms with Crippen LogP contribution in [0.5, 0.6) is 0 Å². The van der Waals surface area contributed by atoms with E-state index in [0.29, 0.717) is 5.69 Å². The van der Waals surface area contributed by atoms with E-state index in [2.05, 4.69) is 29.4 Å². The summed E-state index contributed by atoms with van der Waals surface area (Å²) in [7, 11) is 0. The largest absolute Gasteiger partial charge is 0.348 e. The predicted molar refractivity (Wildman–Crippen MR) is 98.7 cm³/mol. The van der Waals surface area contributed by atoms with Gasteiger partial charge in [0.25, 0.3) is 0 Å². The molecule has 0 spiro atoms. The molecule has 4 rings (SSSR count). The number of aromatic nitrogens is 4. The third kappa shape index (κ3) is 3.63. The Labute approximate surface area is 157 Å². The highest BCUT2D eigenvalue weighted by atomic mass is 19.1. The molecule has 1 aliphatic carbocycles. The molecule has 27 heavy (non-hydrogen) atoms. The van der Waals surface area contributed by atoms with Crippen LogP contribution in [0.1, 0.15) is 37.6 Å². The highest BCUT2D eigenvalue weighted by Crippen LogP contribution is 2.41. The maximum Gasteiger partial charge on any atom is 0.242 e. The molecule has 7 heteroatoms. The first kappa shape index (κ1) is 17.5. The van der Waals surface area contributed by atoms with Crippen molar-refractivity contribution in [2.45, 2.75) is 39.3 Å². The van der Waals surface area contributed by atoms with Crippen molar-refractivity contribution in [1.82, 2.24) is 24.9 Å². The standard InChI is InChI=1S/C20H22FN5O/c1-20(2)10-17(24-19(27)13-25-8-4-7-22-25)16-12-23-26(18(16)11-20)15-6-3-5-14(21)9-15/h3-9,12,17H,10-11,13H2,1-2H3,(H,24,27)/t17-/m1/s1. The fourth-order valence-electron chi connectivity index (χ4n) is 3.78. The number of carbonyl (C=O) groups excluding carboxylic acids is 1. The van der Waals surface area contributed by atoms with E-state index < -0.39 is 0 Å². The first-order valence-electron chi connectivity index (χ1n) is 9.01. The molecule has 1 atom stereocenters. The number of benzene rings is 1. The molecule has 2 aromatic heterocycles. The zero-order valence-electron chi connectivity index (χ0n) is 15.4. The summed E-state index contributed by atoms with van der Waals surface area (Å²) in [5.74, 6) is -0.387. The predicted octanol–water partition coefficient (Wildman–Crippen LogP) is 3.04. The fraction of sp³-hybridized carbons (Fsp3) is 0.350. The van der Waals surface area contributed by atoms with Crippen LogP contribution in [0.3, 0.4) is 0 Å². The minimum absolute atomic E-state index is 0.0121. The molecule has 2 heterocycles. The van der Waals surface area contributed by atoms with E-state index in [1.807, 2.05) is 6.07 Å². The Morgan fingerprint density at radius 2 is 2.19 bits per heavy atom. The molecule has 0 fully saturated rings. The number of rotatable bonds is 4. The number of halogens is 1. The van der Waals surface area contributed by atoms with Crippen molar-refractivity contribution in [2.75, 3.05) is 0 Å². The van der Waals surface area contributed by atoms with Gasteiger partial charge < -0.3 is 5.32 Å². The molecule has 6 nitrogen and oxygen atoms in total. The van der Waals surface area contributed by atoms with E-state index in [4.69, 9.17) is 0 Å². The Balaban J connectivity index is 1.63. The molecule has 1 aromatic carbocycles. The van der Waals surface area contributed by atoms with Crippen LogP contribution >= 0.6 is 0 Å². The van der Waals surface area contributed by atoms with Crippen molar-refractivity contribution >= 4 is 5.91 Å². The Bertz CT molecular complexity index is 961. The van der Waals surface area contributed by atoms with Gasteiger partial charge in [-0.05, 0) is 42.5 Å². The molecule has 3 aromatic rings. The average molecular weight is 367 g/mol. The smallest absolute Gasteiger partial charge is 0.242 e. The summed E-state index contributed by atoms with van der Waals surface area (Å²) in [6.07, 6.45) is 6.83. The molecule has 0 saturated carbocycles. The number of carbonyl (C=O) groups is 1. The second-order valence-electron chi connectivity index (χ2n) is 7.81. The van der Waals surface area contributed by atoms with Gasteiger partial charge >= 0.3 is 0 Å². The van der Waals surface area contributed by atoms with Gasteiger partial charge in [-0.1, -0.05) is 19.9 Å². The molecule has 1 N–H and O–H groups in total. The summed E-state index contributed by atoms with van der Waals surface area (Å²) in [4.78, 5) is 12.5. The van der Waals surface area contributed by atoms with Crippen molar-refractivity contribution in [3.63, 3.8) is 0 Å². The molecule has 0 bridgehead atoms. The topological polar surface area (TPSA) is 64.7 Å². The molecular formula is C20H22FN5O. The monoisotopic (exact) mass is 367 g/mol. The van der Waals surface area contributed by atoms with E-state index in [9.17, 15) is 9.18 Å². The van der Waals surface area contributed by atoms with Crippen molar-refractivity contribution < 1.29 is 9.18 Å². The first-order chi connectivity index (χ1) is 12.9. The van der Waals surface area contributed by atoms with Gasteiger partial charge in [0.2, 0.25) is 5.91 Å². The minimum Gasteiger partial charge on any atom is -0.348 e. The molecular weight excluding hydrogens is 345 g/mol. The Morgan fingerprint density at radius 1 is 1.33 bits per heavy atom. The Kier molecular flexibility index (Phi) is 4.30. The lowest BCUT2D eigenvalue weighted by Gasteiger charge is -2.36. The number of hydrogen-bond donors (Lipinski definition) is 1. The highest BCUT2D eigenvalue weighted by Gasteiger charge is 2.36. The third-order valence-corrected chi connectivity index (χ3v) is 4.93. The average Bonchev–Trinajstić information content (AvgIpc) is 3.23. The van der Waals surface area contributed by atoms with Crippen molar-refractivity contribution in [3.8, 4) is 5.69 Å². The van der Waals surface area contributed by atoms with Crippen LogP contribution < -0.4 is 5.32 Å². The summed E-state index contributed by atoms with van der Waals surface area (Å²) in [6, 6.07) is 8.06. The second kappa shape index (κ2) is 6.64. The normalized spacial score (nSPS) is 18.1. The number of amides is 1. The fourth-order valence-corrected chi connectivity index (χ4v) is 3.78. The second-order valence-corrected chi connectivity index (χ2v) is 7.81. The lowest BCUT2D eigenvalue weighted by molar-refractivity contribution is -0.122. The number of hydrogen-bond acceptors (Lipinski definition) is 3. The minimum atomic E-state index is -0.295. The van der Waals surface area contributed by atoms with Crippen molar-refractivity contribution in [1.29, 1.82) is 0 Å². The zero-order valence-corrected chi connectivity index (χ0v) is 15.4. The molecule has 0 aliphatic heterocycles.